The van der Waals surface area contributed by atoms with Gasteiger partial charge in [0, 0.05) is 18.0 Å². The molecule has 1 aromatic carbocycles. The Kier molecular flexibility index (Phi) is 5.81. The minimum Gasteiger partial charge on any atom is -0.306 e. The average molecular weight is 492 g/mol. The van der Waals surface area contributed by atoms with E-state index >= 15 is 0 Å². The number of rotatable bonds is 5. The minimum atomic E-state index is -0.252. The molecule has 0 aliphatic carbocycles. The molecule has 0 aliphatic rings. The van der Waals surface area contributed by atoms with Crippen molar-refractivity contribution >= 4 is 34.1 Å². The van der Waals surface area contributed by atoms with E-state index in [1.165, 1.54) is 15.3 Å². The number of halogens is 2. The van der Waals surface area contributed by atoms with E-state index < -0.39 is 0 Å². The highest BCUT2D eigenvalue weighted by atomic mass is 35.5. The van der Waals surface area contributed by atoms with Crippen LogP contribution in [0.4, 0.5) is 0 Å². The lowest BCUT2D eigenvalue weighted by Crippen LogP contribution is -2.24. The molecule has 0 saturated carbocycles. The molecule has 0 spiro atoms. The van der Waals surface area contributed by atoms with E-state index in [9.17, 15) is 9.59 Å². The summed E-state index contributed by atoms with van der Waals surface area (Å²) in [4.78, 5) is 35.6. The largest absolute Gasteiger partial charge is 0.306 e. The van der Waals surface area contributed by atoms with Crippen molar-refractivity contribution in [1.29, 1.82) is 0 Å². The number of nitrogens with zero attached hydrogens (tertiary/aromatic N) is 5. The quantitative estimate of drug-likeness (QED) is 0.340. The Morgan fingerprint density at radius 1 is 0.912 bits per heavy atom. The molecule has 170 valence electrons. The monoisotopic (exact) mass is 491 g/mol. The van der Waals surface area contributed by atoms with E-state index in [2.05, 4.69) is 9.97 Å². The zero-order valence-corrected chi connectivity index (χ0v) is 19.7. The average Bonchev–Trinajstić information content (AvgIpc) is 3.11. The first-order valence-electron chi connectivity index (χ1n) is 10.6. The first-order valence-corrected chi connectivity index (χ1v) is 11.3. The number of hydrogen-bond acceptors (Lipinski definition) is 4. The van der Waals surface area contributed by atoms with Crippen LogP contribution in [0.2, 0.25) is 10.2 Å². The standard InChI is InChI=1S/C25H19Cl2N5O2/c1-16-23-20(13-22(33)30(16)15-18-10-11-19(26)24(27)29-18)31(14-17-7-3-2-4-8-17)32(25(23)34)21-9-5-6-12-28-21/h2-13H,14-15H2,1H3. The topological polar surface area (TPSA) is 74.7 Å². The van der Waals surface area contributed by atoms with Gasteiger partial charge in [0.25, 0.3) is 11.1 Å². The molecule has 0 aliphatic heterocycles. The van der Waals surface area contributed by atoms with E-state index in [4.69, 9.17) is 23.2 Å². The summed E-state index contributed by atoms with van der Waals surface area (Å²) >= 11 is 12.0. The molecule has 0 bridgehead atoms. The van der Waals surface area contributed by atoms with E-state index in [0.717, 1.165) is 5.56 Å². The van der Waals surface area contributed by atoms with E-state index in [1.54, 1.807) is 42.1 Å². The SMILES string of the molecule is Cc1c2c(=O)n(-c3ccccn3)n(Cc3ccccc3)c2cc(=O)n1Cc1ccc(Cl)c(Cl)n1. The van der Waals surface area contributed by atoms with Crippen LogP contribution < -0.4 is 11.1 Å². The summed E-state index contributed by atoms with van der Waals surface area (Å²) in [5.41, 5.74) is 2.13. The van der Waals surface area contributed by atoms with Gasteiger partial charge in [-0.25, -0.2) is 9.97 Å². The maximum Gasteiger partial charge on any atom is 0.282 e. The molecule has 0 atom stereocenters. The Bertz CT molecular complexity index is 1620. The van der Waals surface area contributed by atoms with Gasteiger partial charge in [-0.3, -0.25) is 14.3 Å². The Hall–Kier alpha value is -3.68. The van der Waals surface area contributed by atoms with E-state index in [-0.39, 0.29) is 22.8 Å². The van der Waals surface area contributed by atoms with Gasteiger partial charge in [0.05, 0.1) is 34.7 Å². The molecule has 0 amide bonds. The second-order valence-electron chi connectivity index (χ2n) is 7.84. The number of benzene rings is 1. The molecular weight excluding hydrogens is 473 g/mol. The van der Waals surface area contributed by atoms with Gasteiger partial charge >= 0.3 is 0 Å². The van der Waals surface area contributed by atoms with E-state index in [0.29, 0.717) is 39.7 Å². The highest BCUT2D eigenvalue weighted by Gasteiger charge is 2.21. The van der Waals surface area contributed by atoms with Gasteiger partial charge < -0.3 is 4.57 Å². The minimum absolute atomic E-state index is 0.157. The van der Waals surface area contributed by atoms with Crippen molar-refractivity contribution < 1.29 is 0 Å². The lowest BCUT2D eigenvalue weighted by molar-refractivity contribution is 0.602. The third-order valence-electron chi connectivity index (χ3n) is 5.70. The van der Waals surface area contributed by atoms with Gasteiger partial charge in [-0.2, -0.15) is 4.68 Å². The van der Waals surface area contributed by atoms with Crippen LogP contribution in [0.5, 0.6) is 0 Å². The highest BCUT2D eigenvalue weighted by molar-refractivity contribution is 6.41. The number of aromatic nitrogens is 5. The number of hydrogen-bond donors (Lipinski definition) is 0. The molecule has 9 heteroatoms. The van der Waals surface area contributed by atoms with Crippen molar-refractivity contribution in [3.63, 3.8) is 0 Å². The van der Waals surface area contributed by atoms with Crippen LogP contribution in [-0.2, 0) is 13.1 Å². The van der Waals surface area contributed by atoms with Crippen LogP contribution in [0, 0.1) is 6.92 Å². The molecule has 4 heterocycles. The van der Waals surface area contributed by atoms with Gasteiger partial charge in [-0.1, -0.05) is 59.6 Å². The van der Waals surface area contributed by atoms with Gasteiger partial charge in [0.1, 0.15) is 5.15 Å². The molecule has 7 nitrogen and oxygen atoms in total. The predicted octanol–water partition coefficient (Wildman–Crippen LogP) is 4.46. The van der Waals surface area contributed by atoms with Crippen LogP contribution in [0.3, 0.4) is 0 Å². The van der Waals surface area contributed by atoms with Crippen LogP contribution in [0.1, 0.15) is 17.0 Å². The van der Waals surface area contributed by atoms with Crippen LogP contribution >= 0.6 is 23.2 Å². The first-order chi connectivity index (χ1) is 16.4. The lowest BCUT2D eigenvalue weighted by Gasteiger charge is -2.13. The molecule has 0 unspecified atom stereocenters. The number of pyridine rings is 3. The molecule has 0 saturated heterocycles. The predicted molar refractivity (Wildman–Crippen MR) is 133 cm³/mol. The first kappa shape index (κ1) is 22.1. The van der Waals surface area contributed by atoms with Gasteiger partial charge in [-0.15, -0.1) is 0 Å². The fraction of sp³-hybridized carbons (Fsp3) is 0.120. The summed E-state index contributed by atoms with van der Waals surface area (Å²) in [6, 6.07) is 20.0. The molecule has 0 radical (unpaired) electrons. The summed E-state index contributed by atoms with van der Waals surface area (Å²) in [5.74, 6) is 0.476. The summed E-state index contributed by atoms with van der Waals surface area (Å²) in [6.07, 6.45) is 1.63. The Morgan fingerprint density at radius 2 is 1.68 bits per heavy atom. The van der Waals surface area contributed by atoms with Crippen LogP contribution in [0.15, 0.2) is 82.5 Å². The van der Waals surface area contributed by atoms with Crippen molar-refractivity contribution in [2.75, 3.05) is 0 Å². The fourth-order valence-electron chi connectivity index (χ4n) is 4.06. The van der Waals surface area contributed by atoms with Crippen LogP contribution in [-0.4, -0.2) is 23.9 Å². The molecule has 5 rings (SSSR count). The van der Waals surface area contributed by atoms with Gasteiger partial charge in [0.15, 0.2) is 5.82 Å². The number of fused-ring (bicyclic) bond motifs is 1. The van der Waals surface area contributed by atoms with E-state index in [1.807, 2.05) is 36.4 Å². The zero-order chi connectivity index (χ0) is 23.8. The fourth-order valence-corrected chi connectivity index (χ4v) is 4.34. The molecule has 0 N–H and O–H groups in total. The second-order valence-corrected chi connectivity index (χ2v) is 8.60. The highest BCUT2D eigenvalue weighted by Crippen LogP contribution is 2.21. The molecule has 5 aromatic rings. The normalized spacial score (nSPS) is 11.3. The van der Waals surface area contributed by atoms with Crippen molar-refractivity contribution in [3.8, 4) is 5.82 Å². The summed E-state index contributed by atoms with van der Waals surface area (Å²) < 4.78 is 4.84. The molecule has 4 aromatic heterocycles. The Labute approximate surface area is 204 Å². The second kappa shape index (κ2) is 8.93. The molecule has 34 heavy (non-hydrogen) atoms. The molecule has 0 fully saturated rings. The maximum atomic E-state index is 13.7. The summed E-state index contributed by atoms with van der Waals surface area (Å²) in [5, 5.41) is 0.944. The summed E-state index contributed by atoms with van der Waals surface area (Å²) in [7, 11) is 0. The van der Waals surface area contributed by atoms with Crippen molar-refractivity contribution in [2.45, 2.75) is 20.0 Å². The number of aryl methyl sites for hydroxylation is 1. The zero-order valence-electron chi connectivity index (χ0n) is 18.2. The third-order valence-corrected chi connectivity index (χ3v) is 6.39. The third kappa shape index (κ3) is 3.93. The summed E-state index contributed by atoms with van der Waals surface area (Å²) in [6.45, 7) is 2.32. The lowest BCUT2D eigenvalue weighted by atomic mass is 10.2. The Balaban J connectivity index is 1.74. The smallest absolute Gasteiger partial charge is 0.282 e. The van der Waals surface area contributed by atoms with Gasteiger partial charge in [0.2, 0.25) is 0 Å². The van der Waals surface area contributed by atoms with Crippen molar-refractivity contribution in [1.82, 2.24) is 23.9 Å². The van der Waals surface area contributed by atoms with Crippen LogP contribution in [0.25, 0.3) is 16.7 Å². The Morgan fingerprint density at radius 3 is 2.38 bits per heavy atom. The van der Waals surface area contributed by atoms with Crippen molar-refractivity contribution in [2.24, 2.45) is 0 Å². The van der Waals surface area contributed by atoms with Gasteiger partial charge in [-0.05, 0) is 36.8 Å². The van der Waals surface area contributed by atoms with Crippen molar-refractivity contribution in [3.05, 3.63) is 121 Å². The maximum absolute atomic E-state index is 13.7. The molecular formula is C25H19Cl2N5O2.